The number of amidine groups is 1. The summed E-state index contributed by atoms with van der Waals surface area (Å²) in [5.74, 6) is 1.53. The number of aliphatic imine (C=N–C) groups is 1. The molecule has 1 aliphatic rings. The van der Waals surface area contributed by atoms with E-state index >= 15 is 0 Å². The summed E-state index contributed by atoms with van der Waals surface area (Å²) in [5.41, 5.74) is 10.0. The molecule has 2 aromatic heterocycles. The Hall–Kier alpha value is -2.73. The molecule has 3 heterocycles. The minimum atomic E-state index is 0.367. The van der Waals surface area contributed by atoms with Crippen LogP contribution in [-0.4, -0.2) is 26.2 Å². The summed E-state index contributed by atoms with van der Waals surface area (Å²) in [6.07, 6.45) is 2.81. The minimum Gasteiger partial charge on any atom is -0.309 e. The molecule has 0 radical (unpaired) electrons. The van der Waals surface area contributed by atoms with Crippen molar-refractivity contribution < 1.29 is 0 Å². The third-order valence-electron chi connectivity index (χ3n) is 3.82. The first-order valence-electron chi connectivity index (χ1n) is 7.70. The average molecular weight is 306 g/mol. The van der Waals surface area contributed by atoms with Crippen molar-refractivity contribution in [2.24, 2.45) is 4.99 Å². The van der Waals surface area contributed by atoms with E-state index < -0.39 is 0 Å². The highest BCUT2D eigenvalue weighted by atomic mass is 15.4. The maximum atomic E-state index is 4.74. The highest BCUT2D eigenvalue weighted by Crippen LogP contribution is 2.23. The lowest BCUT2D eigenvalue weighted by Gasteiger charge is -2.06. The smallest absolute Gasteiger partial charge is 0.237 e. The van der Waals surface area contributed by atoms with Gasteiger partial charge in [0.25, 0.3) is 0 Å². The van der Waals surface area contributed by atoms with Gasteiger partial charge in [-0.05, 0) is 13.8 Å². The van der Waals surface area contributed by atoms with E-state index in [-0.39, 0.29) is 0 Å². The number of fused-ring (bicyclic) bond motifs is 1. The van der Waals surface area contributed by atoms with Crippen molar-refractivity contribution in [1.29, 1.82) is 0 Å². The minimum absolute atomic E-state index is 0.367. The number of hydrogen-bond acceptors (Lipinski definition) is 4. The van der Waals surface area contributed by atoms with Crippen LogP contribution in [0.15, 0.2) is 47.6 Å². The molecule has 3 aromatic rings. The number of nitrogens with zero attached hydrogens (tertiary/aromatic N) is 4. The molecule has 2 N–H and O–H groups in total. The Bertz CT molecular complexity index is 881. The molecular weight excluding hydrogens is 288 g/mol. The van der Waals surface area contributed by atoms with E-state index in [1.807, 2.05) is 53.9 Å². The normalized spacial score (nSPS) is 19.4. The topological polar surface area (TPSA) is 66.6 Å². The van der Waals surface area contributed by atoms with Crippen LogP contribution in [0.1, 0.15) is 19.0 Å². The predicted molar refractivity (Wildman–Crippen MR) is 90.6 cm³/mol. The molecular formula is C17H18N6. The van der Waals surface area contributed by atoms with Gasteiger partial charge in [-0.2, -0.15) is 4.99 Å². The van der Waals surface area contributed by atoms with Crippen molar-refractivity contribution in [3.05, 3.63) is 48.3 Å². The predicted octanol–water partition coefficient (Wildman–Crippen LogP) is 2.62. The lowest BCUT2D eigenvalue weighted by molar-refractivity contribution is 0.602. The van der Waals surface area contributed by atoms with Crippen LogP contribution in [0.25, 0.3) is 16.9 Å². The van der Waals surface area contributed by atoms with Gasteiger partial charge in [-0.1, -0.05) is 30.3 Å². The van der Waals surface area contributed by atoms with Gasteiger partial charge in [-0.15, -0.1) is 0 Å². The van der Waals surface area contributed by atoms with Crippen LogP contribution in [0.3, 0.4) is 0 Å². The summed E-state index contributed by atoms with van der Waals surface area (Å²) in [7, 11) is 0. The van der Waals surface area contributed by atoms with Gasteiger partial charge in [0.15, 0.2) is 0 Å². The molecule has 1 unspecified atom stereocenters. The molecule has 0 spiro atoms. The second kappa shape index (κ2) is 5.48. The van der Waals surface area contributed by atoms with Gasteiger partial charge in [0.05, 0.1) is 11.4 Å². The lowest BCUT2D eigenvalue weighted by Crippen LogP contribution is -2.29. The molecule has 0 bridgehead atoms. The third-order valence-corrected chi connectivity index (χ3v) is 3.82. The second-order valence-electron chi connectivity index (χ2n) is 5.85. The maximum absolute atomic E-state index is 4.74. The first kappa shape index (κ1) is 13.9. The highest BCUT2D eigenvalue weighted by molar-refractivity contribution is 5.86. The van der Waals surface area contributed by atoms with E-state index in [0.29, 0.717) is 12.0 Å². The largest absolute Gasteiger partial charge is 0.309 e. The fraction of sp³-hybridized carbons (Fsp3) is 0.235. The maximum Gasteiger partial charge on any atom is 0.237 e. The van der Waals surface area contributed by atoms with Crippen molar-refractivity contribution >= 4 is 17.4 Å². The van der Waals surface area contributed by atoms with Crippen molar-refractivity contribution in [3.63, 3.8) is 0 Å². The molecule has 116 valence electrons. The van der Waals surface area contributed by atoms with E-state index in [1.165, 1.54) is 0 Å². The number of nitrogens with one attached hydrogen (secondary N) is 2. The van der Waals surface area contributed by atoms with Gasteiger partial charge < -0.3 is 5.43 Å². The van der Waals surface area contributed by atoms with E-state index in [1.54, 1.807) is 0 Å². The van der Waals surface area contributed by atoms with Crippen LogP contribution in [0.4, 0.5) is 5.95 Å². The lowest BCUT2D eigenvalue weighted by atomic mass is 10.1. The molecule has 1 fully saturated rings. The van der Waals surface area contributed by atoms with Crippen molar-refractivity contribution in [2.45, 2.75) is 26.3 Å². The monoisotopic (exact) mass is 306 g/mol. The van der Waals surface area contributed by atoms with Gasteiger partial charge in [0, 0.05) is 30.3 Å². The molecule has 1 aromatic carbocycles. The number of hydrazine groups is 1. The van der Waals surface area contributed by atoms with Crippen LogP contribution in [0, 0.1) is 6.92 Å². The van der Waals surface area contributed by atoms with Gasteiger partial charge in [-0.3, -0.25) is 4.40 Å². The Morgan fingerprint density at radius 3 is 2.78 bits per heavy atom. The first-order valence-corrected chi connectivity index (χ1v) is 7.70. The summed E-state index contributed by atoms with van der Waals surface area (Å²) < 4.78 is 1.93. The number of aryl methyl sites for hydroxylation is 1. The van der Waals surface area contributed by atoms with Crippen LogP contribution >= 0.6 is 0 Å². The Kier molecular flexibility index (Phi) is 3.31. The molecule has 1 aliphatic heterocycles. The van der Waals surface area contributed by atoms with E-state index in [0.717, 1.165) is 34.9 Å². The summed E-state index contributed by atoms with van der Waals surface area (Å²) in [6, 6.07) is 12.5. The van der Waals surface area contributed by atoms with Gasteiger partial charge in [-0.25, -0.2) is 15.4 Å². The van der Waals surface area contributed by atoms with Crippen molar-refractivity contribution in [3.8, 4) is 11.3 Å². The molecule has 6 heteroatoms. The van der Waals surface area contributed by atoms with Crippen LogP contribution < -0.4 is 10.9 Å². The summed E-state index contributed by atoms with van der Waals surface area (Å²) in [6.45, 7) is 4.09. The number of hydrogen-bond donors (Lipinski definition) is 2. The van der Waals surface area contributed by atoms with Crippen LogP contribution in [-0.2, 0) is 0 Å². The molecule has 1 saturated heterocycles. The summed E-state index contributed by atoms with van der Waals surface area (Å²) in [5, 5.41) is 0. The quantitative estimate of drug-likeness (QED) is 0.764. The van der Waals surface area contributed by atoms with E-state index in [4.69, 9.17) is 9.98 Å². The second-order valence-corrected chi connectivity index (χ2v) is 5.85. The zero-order chi connectivity index (χ0) is 15.8. The fourth-order valence-electron chi connectivity index (χ4n) is 2.72. The molecule has 0 amide bonds. The average Bonchev–Trinajstić information content (AvgIpc) is 3.13. The van der Waals surface area contributed by atoms with Crippen molar-refractivity contribution in [2.75, 3.05) is 0 Å². The number of imidazole rings is 1. The van der Waals surface area contributed by atoms with Crippen LogP contribution in [0.2, 0.25) is 0 Å². The molecule has 1 atom stereocenters. The molecule has 6 nitrogen and oxygen atoms in total. The fourth-order valence-corrected chi connectivity index (χ4v) is 2.72. The number of benzene rings is 1. The van der Waals surface area contributed by atoms with E-state index in [9.17, 15) is 0 Å². The Morgan fingerprint density at radius 1 is 1.22 bits per heavy atom. The molecule has 4 rings (SSSR count). The zero-order valence-corrected chi connectivity index (χ0v) is 13.1. The SMILES string of the molecule is Cc1cn2c(N=C3CC(C)NN3)nc(-c3ccccc3)cc2n1. The number of aromatic nitrogens is 3. The highest BCUT2D eigenvalue weighted by Gasteiger charge is 2.16. The first-order chi connectivity index (χ1) is 11.2. The summed E-state index contributed by atoms with van der Waals surface area (Å²) >= 11 is 0. The van der Waals surface area contributed by atoms with Crippen LogP contribution in [0.5, 0.6) is 0 Å². The number of rotatable bonds is 2. The van der Waals surface area contributed by atoms with Gasteiger partial charge in [0.2, 0.25) is 5.95 Å². The summed E-state index contributed by atoms with van der Waals surface area (Å²) in [4.78, 5) is 14.0. The molecule has 23 heavy (non-hydrogen) atoms. The molecule has 0 saturated carbocycles. The standard InChI is InChI=1S/C17H18N6/c1-11-8-15(22-21-11)20-17-19-14(13-6-4-3-5-7-13)9-16-18-12(2)10-23(16)17/h3-7,9-11,21H,8H2,1-2H3,(H,19,20,22). The Morgan fingerprint density at radius 2 is 2.04 bits per heavy atom. The third kappa shape index (κ3) is 2.68. The Labute approximate surface area is 134 Å². The van der Waals surface area contributed by atoms with Gasteiger partial charge >= 0.3 is 0 Å². The Balaban J connectivity index is 1.87. The van der Waals surface area contributed by atoms with E-state index in [2.05, 4.69) is 22.8 Å². The molecule has 0 aliphatic carbocycles. The van der Waals surface area contributed by atoms with Crippen molar-refractivity contribution in [1.82, 2.24) is 25.2 Å². The zero-order valence-electron chi connectivity index (χ0n) is 13.1. The van der Waals surface area contributed by atoms with Gasteiger partial charge in [0.1, 0.15) is 11.5 Å².